The summed E-state index contributed by atoms with van der Waals surface area (Å²) in [4.78, 5) is 37.4. The van der Waals surface area contributed by atoms with Crippen molar-refractivity contribution in [1.29, 1.82) is 0 Å². The fourth-order valence-corrected chi connectivity index (χ4v) is 3.31. The monoisotopic (exact) mass is 387 g/mol. The minimum Gasteiger partial charge on any atom is -0.467 e. The first-order valence-corrected chi connectivity index (χ1v) is 9.74. The second kappa shape index (κ2) is 12.1. The van der Waals surface area contributed by atoms with Crippen molar-refractivity contribution >= 4 is 17.7 Å². The SMILES string of the molecule is COC(=O)COCC=CCN1C(=O)CCC[C@@H]1CCC(=O)Cc1ccccc1. The first kappa shape index (κ1) is 21.8. The minimum atomic E-state index is -0.417. The molecule has 0 unspecified atom stereocenters. The molecule has 1 aromatic carbocycles. The fourth-order valence-electron chi connectivity index (χ4n) is 3.31. The zero-order valence-electron chi connectivity index (χ0n) is 16.5. The number of amides is 1. The number of methoxy groups -OCH3 is 1. The van der Waals surface area contributed by atoms with Gasteiger partial charge in [0.15, 0.2) is 0 Å². The van der Waals surface area contributed by atoms with E-state index >= 15 is 0 Å². The Morgan fingerprint density at radius 1 is 1.21 bits per heavy atom. The quantitative estimate of drug-likeness (QED) is 0.332. The van der Waals surface area contributed by atoms with Crippen LogP contribution in [0.15, 0.2) is 42.5 Å². The summed E-state index contributed by atoms with van der Waals surface area (Å²) in [6.45, 7) is 0.699. The zero-order chi connectivity index (χ0) is 20.2. The summed E-state index contributed by atoms with van der Waals surface area (Å²) in [5.41, 5.74) is 1.03. The van der Waals surface area contributed by atoms with Crippen LogP contribution in [0.1, 0.15) is 37.7 Å². The lowest BCUT2D eigenvalue weighted by molar-refractivity contribution is -0.145. The van der Waals surface area contributed by atoms with Crippen molar-refractivity contribution in [2.24, 2.45) is 0 Å². The normalized spacial score (nSPS) is 17.1. The number of ketones is 1. The van der Waals surface area contributed by atoms with Gasteiger partial charge in [0, 0.05) is 31.8 Å². The van der Waals surface area contributed by atoms with Crippen molar-refractivity contribution in [3.63, 3.8) is 0 Å². The molecule has 1 fully saturated rings. The molecule has 1 amide bonds. The lowest BCUT2D eigenvalue weighted by atomic mass is 9.95. The number of rotatable bonds is 11. The van der Waals surface area contributed by atoms with Gasteiger partial charge in [-0.1, -0.05) is 42.5 Å². The van der Waals surface area contributed by atoms with Gasteiger partial charge in [-0.15, -0.1) is 0 Å². The molecule has 0 N–H and O–H groups in total. The maximum absolute atomic E-state index is 12.3. The Bertz CT molecular complexity index is 671. The Kier molecular flexibility index (Phi) is 9.42. The number of hydrogen-bond acceptors (Lipinski definition) is 5. The number of carbonyl (C=O) groups is 3. The van der Waals surface area contributed by atoms with Gasteiger partial charge in [-0.25, -0.2) is 4.79 Å². The zero-order valence-corrected chi connectivity index (χ0v) is 16.5. The van der Waals surface area contributed by atoms with E-state index in [1.807, 2.05) is 41.3 Å². The Morgan fingerprint density at radius 3 is 2.75 bits per heavy atom. The number of hydrogen-bond donors (Lipinski definition) is 0. The smallest absolute Gasteiger partial charge is 0.331 e. The summed E-state index contributed by atoms with van der Waals surface area (Å²) in [7, 11) is 1.31. The lowest BCUT2D eigenvalue weighted by Gasteiger charge is -2.35. The topological polar surface area (TPSA) is 72.9 Å². The van der Waals surface area contributed by atoms with Crippen molar-refractivity contribution in [2.75, 3.05) is 26.9 Å². The van der Waals surface area contributed by atoms with Gasteiger partial charge in [-0.05, 0) is 24.8 Å². The molecule has 28 heavy (non-hydrogen) atoms. The van der Waals surface area contributed by atoms with Gasteiger partial charge in [0.2, 0.25) is 5.91 Å². The highest BCUT2D eigenvalue weighted by Crippen LogP contribution is 2.22. The van der Waals surface area contributed by atoms with Gasteiger partial charge in [0.05, 0.1) is 13.7 Å². The molecule has 1 aliphatic heterocycles. The molecule has 1 aliphatic rings. The van der Waals surface area contributed by atoms with Crippen LogP contribution in [0.2, 0.25) is 0 Å². The summed E-state index contributed by atoms with van der Waals surface area (Å²) >= 11 is 0. The Labute approximate surface area is 166 Å². The van der Waals surface area contributed by atoms with Crippen molar-refractivity contribution in [3.8, 4) is 0 Å². The number of likely N-dealkylation sites (tertiary alicyclic amines) is 1. The van der Waals surface area contributed by atoms with Gasteiger partial charge < -0.3 is 14.4 Å². The molecule has 0 bridgehead atoms. The van der Waals surface area contributed by atoms with Crippen LogP contribution in [-0.2, 0) is 30.3 Å². The van der Waals surface area contributed by atoms with Crippen LogP contribution < -0.4 is 0 Å². The molecule has 0 radical (unpaired) electrons. The first-order chi connectivity index (χ1) is 13.6. The van der Waals surface area contributed by atoms with Gasteiger partial charge >= 0.3 is 5.97 Å². The van der Waals surface area contributed by atoms with E-state index in [0.29, 0.717) is 32.2 Å². The fraction of sp³-hybridized carbons (Fsp3) is 0.500. The number of benzene rings is 1. The third kappa shape index (κ3) is 7.64. The molecule has 0 spiro atoms. The van der Waals surface area contributed by atoms with Crippen LogP contribution >= 0.6 is 0 Å². The maximum Gasteiger partial charge on any atom is 0.331 e. The molecular weight excluding hydrogens is 358 g/mol. The largest absolute Gasteiger partial charge is 0.467 e. The number of piperidine rings is 1. The van der Waals surface area contributed by atoms with Crippen molar-refractivity contribution in [3.05, 3.63) is 48.0 Å². The average molecular weight is 387 g/mol. The van der Waals surface area contributed by atoms with E-state index in [1.54, 1.807) is 6.08 Å². The van der Waals surface area contributed by atoms with E-state index in [-0.39, 0.29) is 30.9 Å². The third-order valence-corrected chi connectivity index (χ3v) is 4.82. The Hall–Kier alpha value is -2.47. The number of Topliss-reactive ketones (excluding diaryl/α,β-unsaturated/α-hetero) is 1. The summed E-state index contributed by atoms with van der Waals surface area (Å²) in [6.07, 6.45) is 7.65. The minimum absolute atomic E-state index is 0.0877. The van der Waals surface area contributed by atoms with Crippen molar-refractivity contribution in [1.82, 2.24) is 4.90 Å². The predicted octanol–water partition coefficient (Wildman–Crippen LogP) is 2.71. The molecule has 2 rings (SSSR count). The maximum atomic E-state index is 12.3. The van der Waals surface area contributed by atoms with E-state index < -0.39 is 5.97 Å². The van der Waals surface area contributed by atoms with E-state index in [0.717, 1.165) is 18.4 Å². The second-order valence-electron chi connectivity index (χ2n) is 6.89. The van der Waals surface area contributed by atoms with Gasteiger partial charge in [0.1, 0.15) is 12.4 Å². The standard InChI is InChI=1S/C22H29NO5/c1-27-22(26)17-28-15-6-5-14-23-19(10-7-11-21(23)25)12-13-20(24)16-18-8-3-2-4-9-18/h2-6,8-9,19H,7,10-17H2,1H3/t19-/m1/s1. The molecule has 1 atom stereocenters. The predicted molar refractivity (Wildman–Crippen MR) is 106 cm³/mol. The molecule has 0 aliphatic carbocycles. The van der Waals surface area contributed by atoms with Gasteiger partial charge in [-0.2, -0.15) is 0 Å². The number of ether oxygens (including phenoxy) is 2. The lowest BCUT2D eigenvalue weighted by Crippen LogP contribution is -2.43. The van der Waals surface area contributed by atoms with Crippen LogP contribution in [0.5, 0.6) is 0 Å². The summed E-state index contributed by atoms with van der Waals surface area (Å²) in [5.74, 6) is -0.0809. The van der Waals surface area contributed by atoms with Crippen LogP contribution in [0, 0.1) is 0 Å². The van der Waals surface area contributed by atoms with Crippen molar-refractivity contribution in [2.45, 2.75) is 44.6 Å². The Balaban J connectivity index is 1.76. The molecule has 1 saturated heterocycles. The molecule has 0 saturated carbocycles. The van der Waals surface area contributed by atoms with Crippen LogP contribution in [0.25, 0.3) is 0 Å². The molecule has 6 heteroatoms. The van der Waals surface area contributed by atoms with Crippen molar-refractivity contribution < 1.29 is 23.9 Å². The summed E-state index contributed by atoms with van der Waals surface area (Å²) < 4.78 is 9.65. The average Bonchev–Trinajstić information content (AvgIpc) is 2.70. The van der Waals surface area contributed by atoms with Crippen LogP contribution in [0.4, 0.5) is 0 Å². The molecule has 1 heterocycles. The summed E-state index contributed by atoms with van der Waals surface area (Å²) in [6, 6.07) is 9.83. The highest BCUT2D eigenvalue weighted by molar-refractivity contribution is 5.81. The van der Waals surface area contributed by atoms with E-state index in [1.165, 1.54) is 7.11 Å². The van der Waals surface area contributed by atoms with Gasteiger partial charge in [-0.3, -0.25) is 9.59 Å². The number of carbonyl (C=O) groups excluding carboxylic acids is 3. The van der Waals surface area contributed by atoms with Crippen LogP contribution in [0.3, 0.4) is 0 Å². The number of nitrogens with zero attached hydrogens (tertiary/aromatic N) is 1. The highest BCUT2D eigenvalue weighted by Gasteiger charge is 2.27. The second-order valence-corrected chi connectivity index (χ2v) is 6.89. The van der Waals surface area contributed by atoms with E-state index in [9.17, 15) is 14.4 Å². The first-order valence-electron chi connectivity index (χ1n) is 9.74. The molecule has 6 nitrogen and oxygen atoms in total. The molecular formula is C22H29NO5. The summed E-state index contributed by atoms with van der Waals surface area (Å²) in [5, 5.41) is 0. The molecule has 1 aromatic rings. The number of esters is 1. The molecule has 152 valence electrons. The van der Waals surface area contributed by atoms with Crippen LogP contribution in [-0.4, -0.2) is 55.5 Å². The third-order valence-electron chi connectivity index (χ3n) is 4.82. The molecule has 0 aromatic heterocycles. The van der Waals surface area contributed by atoms with Gasteiger partial charge in [0.25, 0.3) is 0 Å². The van der Waals surface area contributed by atoms with E-state index in [2.05, 4.69) is 4.74 Å². The highest BCUT2D eigenvalue weighted by atomic mass is 16.6. The van der Waals surface area contributed by atoms with E-state index in [4.69, 9.17) is 4.74 Å². The Morgan fingerprint density at radius 2 is 2.00 bits per heavy atom.